The highest BCUT2D eigenvalue weighted by Crippen LogP contribution is 2.24. The van der Waals surface area contributed by atoms with Crippen molar-refractivity contribution in [1.82, 2.24) is 5.32 Å². The fourth-order valence-electron chi connectivity index (χ4n) is 2.41. The normalized spacial score (nSPS) is 23.0. The summed E-state index contributed by atoms with van der Waals surface area (Å²) in [6, 6.07) is 3.14. The minimum atomic E-state index is -0.789. The van der Waals surface area contributed by atoms with E-state index in [1.54, 1.807) is 12.1 Å². The zero-order valence-electron chi connectivity index (χ0n) is 10.6. The lowest BCUT2D eigenvalue weighted by atomic mass is 9.86. The first-order valence-corrected chi connectivity index (χ1v) is 6.42. The van der Waals surface area contributed by atoms with Crippen molar-refractivity contribution in [2.75, 3.05) is 0 Å². The zero-order valence-corrected chi connectivity index (χ0v) is 10.6. The number of hydrogen-bond donors (Lipinski definition) is 3. The van der Waals surface area contributed by atoms with Crippen LogP contribution in [0, 0.1) is 5.92 Å². The van der Waals surface area contributed by atoms with E-state index in [9.17, 15) is 9.59 Å². The summed E-state index contributed by atoms with van der Waals surface area (Å²) in [7, 11) is 0. The van der Waals surface area contributed by atoms with Gasteiger partial charge in [0.05, 0.1) is 12.5 Å². The summed E-state index contributed by atoms with van der Waals surface area (Å²) in [5, 5.41) is 11.8. The van der Waals surface area contributed by atoms with Gasteiger partial charge in [-0.2, -0.15) is 0 Å². The lowest BCUT2D eigenvalue weighted by Gasteiger charge is -2.26. The molecule has 0 aliphatic heterocycles. The van der Waals surface area contributed by atoms with Crippen LogP contribution in [-0.4, -0.2) is 23.0 Å². The molecule has 19 heavy (non-hydrogen) atoms. The topological polar surface area (TPSA) is 106 Å². The van der Waals surface area contributed by atoms with Gasteiger partial charge in [0.25, 0.3) is 5.91 Å². The highest BCUT2D eigenvalue weighted by Gasteiger charge is 2.28. The van der Waals surface area contributed by atoms with Crippen LogP contribution in [0.25, 0.3) is 0 Å². The van der Waals surface area contributed by atoms with E-state index < -0.39 is 5.97 Å². The number of amides is 1. The van der Waals surface area contributed by atoms with Gasteiger partial charge in [0.2, 0.25) is 0 Å². The van der Waals surface area contributed by atoms with Gasteiger partial charge in [-0.15, -0.1) is 0 Å². The largest absolute Gasteiger partial charge is 0.481 e. The van der Waals surface area contributed by atoms with Gasteiger partial charge in [0, 0.05) is 6.04 Å². The molecule has 2 atom stereocenters. The molecule has 1 fully saturated rings. The fraction of sp³-hybridized carbons (Fsp3) is 0.538. The summed E-state index contributed by atoms with van der Waals surface area (Å²) in [4.78, 5) is 22.9. The second-order valence-electron chi connectivity index (χ2n) is 4.84. The maximum absolute atomic E-state index is 11.9. The minimum absolute atomic E-state index is 0.103. The average Bonchev–Trinajstić information content (AvgIpc) is 2.88. The van der Waals surface area contributed by atoms with Gasteiger partial charge in [-0.3, -0.25) is 9.59 Å². The molecule has 0 radical (unpaired) electrons. The molecule has 0 aromatic carbocycles. The maximum Gasteiger partial charge on any atom is 0.306 e. The van der Waals surface area contributed by atoms with Crippen LogP contribution in [0.2, 0.25) is 0 Å². The maximum atomic E-state index is 11.9. The highest BCUT2D eigenvalue weighted by molar-refractivity contribution is 5.91. The van der Waals surface area contributed by atoms with Gasteiger partial charge in [0.1, 0.15) is 5.76 Å². The number of nitrogens with two attached hydrogens (primary N) is 1. The first-order valence-electron chi connectivity index (χ1n) is 6.42. The molecule has 1 heterocycles. The van der Waals surface area contributed by atoms with E-state index in [0.717, 1.165) is 12.8 Å². The molecule has 1 aliphatic carbocycles. The Bertz CT molecular complexity index is 469. The third kappa shape index (κ3) is 3.35. The van der Waals surface area contributed by atoms with Crippen LogP contribution in [-0.2, 0) is 11.3 Å². The SMILES string of the molecule is NCc1ccc(C(=O)NC2CCCC(C(=O)O)C2)o1. The number of nitrogens with one attached hydrogen (secondary N) is 1. The first kappa shape index (κ1) is 13.6. The number of carboxylic acids is 1. The lowest BCUT2D eigenvalue weighted by Crippen LogP contribution is -2.39. The fourth-order valence-corrected chi connectivity index (χ4v) is 2.41. The third-order valence-corrected chi connectivity index (χ3v) is 3.45. The standard InChI is InChI=1S/C13H18N2O4/c14-7-10-4-5-11(19-10)12(16)15-9-3-1-2-8(6-9)13(17)18/h4-5,8-9H,1-3,6-7,14H2,(H,15,16)(H,17,18). The number of hydrogen-bond acceptors (Lipinski definition) is 4. The molecule has 2 rings (SSSR count). The van der Waals surface area contributed by atoms with Crippen LogP contribution in [0.5, 0.6) is 0 Å². The van der Waals surface area contributed by atoms with Crippen LogP contribution < -0.4 is 11.1 Å². The Morgan fingerprint density at radius 1 is 1.42 bits per heavy atom. The molecule has 0 spiro atoms. The second kappa shape index (κ2) is 5.88. The molecule has 0 bridgehead atoms. The Labute approximate surface area is 111 Å². The quantitative estimate of drug-likeness (QED) is 0.757. The van der Waals surface area contributed by atoms with Gasteiger partial charge >= 0.3 is 5.97 Å². The van der Waals surface area contributed by atoms with Gasteiger partial charge in [-0.05, 0) is 31.4 Å². The molecule has 1 aliphatic rings. The van der Waals surface area contributed by atoms with Crippen LogP contribution >= 0.6 is 0 Å². The van der Waals surface area contributed by atoms with Crippen molar-refractivity contribution in [2.24, 2.45) is 11.7 Å². The van der Waals surface area contributed by atoms with Crippen LogP contribution in [0.3, 0.4) is 0 Å². The van der Waals surface area contributed by atoms with Gasteiger partial charge in [-0.1, -0.05) is 6.42 Å². The summed E-state index contributed by atoms with van der Waals surface area (Å²) in [6.07, 6.45) is 2.78. The van der Waals surface area contributed by atoms with E-state index in [-0.39, 0.29) is 30.2 Å². The van der Waals surface area contributed by atoms with Gasteiger partial charge < -0.3 is 20.6 Å². The van der Waals surface area contributed by atoms with Crippen LogP contribution in [0.4, 0.5) is 0 Å². The van der Waals surface area contributed by atoms with E-state index in [4.69, 9.17) is 15.3 Å². The Kier molecular flexibility index (Phi) is 4.21. The van der Waals surface area contributed by atoms with Gasteiger partial charge in [-0.25, -0.2) is 0 Å². The van der Waals surface area contributed by atoms with E-state index in [2.05, 4.69) is 5.32 Å². The first-order chi connectivity index (χ1) is 9.10. The summed E-state index contributed by atoms with van der Waals surface area (Å²) in [6.45, 7) is 0.248. The Balaban J connectivity index is 1.93. The number of rotatable bonds is 4. The van der Waals surface area contributed by atoms with Gasteiger partial charge in [0.15, 0.2) is 5.76 Å². The number of carbonyl (C=O) groups excluding carboxylic acids is 1. The molecule has 1 aromatic rings. The molecule has 0 saturated heterocycles. The van der Waals surface area contributed by atoms with E-state index in [1.807, 2.05) is 0 Å². The number of furan rings is 1. The van der Waals surface area contributed by atoms with Crippen molar-refractivity contribution in [3.05, 3.63) is 23.7 Å². The summed E-state index contributed by atoms with van der Waals surface area (Å²) in [5.74, 6) is -0.691. The van der Waals surface area contributed by atoms with E-state index >= 15 is 0 Å². The number of carboxylic acid groups (broad SMARTS) is 1. The zero-order chi connectivity index (χ0) is 13.8. The third-order valence-electron chi connectivity index (χ3n) is 3.45. The molecule has 2 unspecified atom stereocenters. The molecular weight excluding hydrogens is 248 g/mol. The summed E-state index contributed by atoms with van der Waals surface area (Å²) >= 11 is 0. The van der Waals surface area contributed by atoms with Crippen molar-refractivity contribution in [3.63, 3.8) is 0 Å². The average molecular weight is 266 g/mol. The van der Waals surface area contributed by atoms with E-state index in [0.29, 0.717) is 18.6 Å². The van der Waals surface area contributed by atoms with Crippen molar-refractivity contribution in [1.29, 1.82) is 0 Å². The molecule has 4 N–H and O–H groups in total. The smallest absolute Gasteiger partial charge is 0.306 e. The second-order valence-corrected chi connectivity index (χ2v) is 4.84. The molecule has 1 aromatic heterocycles. The van der Waals surface area contributed by atoms with Crippen LogP contribution in [0.1, 0.15) is 42.0 Å². The molecule has 6 nitrogen and oxygen atoms in total. The van der Waals surface area contributed by atoms with Crippen molar-refractivity contribution in [3.8, 4) is 0 Å². The summed E-state index contributed by atoms with van der Waals surface area (Å²) < 4.78 is 5.26. The Morgan fingerprint density at radius 2 is 2.21 bits per heavy atom. The Morgan fingerprint density at radius 3 is 2.84 bits per heavy atom. The lowest BCUT2D eigenvalue weighted by molar-refractivity contribution is -0.143. The predicted molar refractivity (Wildman–Crippen MR) is 67.4 cm³/mol. The molecule has 1 saturated carbocycles. The van der Waals surface area contributed by atoms with E-state index in [1.165, 1.54) is 0 Å². The molecule has 104 valence electrons. The number of carbonyl (C=O) groups is 2. The van der Waals surface area contributed by atoms with Crippen molar-refractivity contribution < 1.29 is 19.1 Å². The molecule has 1 amide bonds. The van der Waals surface area contributed by atoms with Crippen molar-refractivity contribution >= 4 is 11.9 Å². The predicted octanol–water partition coefficient (Wildman–Crippen LogP) is 1.11. The molecular formula is C13H18N2O4. The molecule has 6 heteroatoms. The van der Waals surface area contributed by atoms with Crippen LogP contribution in [0.15, 0.2) is 16.5 Å². The van der Waals surface area contributed by atoms with Crippen molar-refractivity contribution in [2.45, 2.75) is 38.3 Å². The Hall–Kier alpha value is -1.82. The highest BCUT2D eigenvalue weighted by atomic mass is 16.4. The number of aliphatic carboxylic acids is 1. The summed E-state index contributed by atoms with van der Waals surface area (Å²) in [5.41, 5.74) is 5.41. The monoisotopic (exact) mass is 266 g/mol. The minimum Gasteiger partial charge on any atom is -0.481 e.